The van der Waals surface area contributed by atoms with Gasteiger partial charge in [-0.15, -0.1) is 0 Å². The molecular formula is C88H102F3N9O15S6. The van der Waals surface area contributed by atoms with Gasteiger partial charge in [0.15, 0.2) is 0 Å². The molecule has 19 aliphatic carbocycles. The fraction of sp³-hybridized carbons (Fsp3) is 0.557. The van der Waals surface area contributed by atoms with Crippen molar-refractivity contribution in [3.05, 3.63) is 143 Å². The molecule has 0 heterocycles. The maximum absolute atomic E-state index is 13.6. The molecule has 9 N–H and O–H groups in total. The summed E-state index contributed by atoms with van der Waals surface area (Å²) in [6.07, 6.45) is 19.7. The van der Waals surface area contributed by atoms with Crippen molar-refractivity contribution in [2.24, 2.45) is 104 Å². The molecule has 0 saturated heterocycles. The van der Waals surface area contributed by atoms with Crippen molar-refractivity contribution in [1.29, 1.82) is 0 Å². The van der Waals surface area contributed by atoms with E-state index in [0.717, 1.165) is 138 Å². The first-order chi connectivity index (χ1) is 57.6. The first-order valence-corrected chi connectivity index (χ1v) is 52.2. The third kappa shape index (κ3) is 15.0. The lowest BCUT2D eigenvalue weighted by Crippen LogP contribution is -2.55. The maximum atomic E-state index is 13.6. The van der Waals surface area contributed by atoms with E-state index in [0.29, 0.717) is 114 Å². The van der Waals surface area contributed by atoms with Crippen molar-refractivity contribution in [3.8, 4) is 33.4 Å². The summed E-state index contributed by atoms with van der Waals surface area (Å²) >= 11 is 0. The molecule has 16 fully saturated rings. The zero-order valence-electron chi connectivity index (χ0n) is 67.0. The molecule has 1 spiro atoms. The molecule has 0 aromatic heterocycles. The molecule has 0 atom stereocenters. The first kappa shape index (κ1) is 82.3. The number of nitrogens with one attached hydrogen (secondary N) is 6. The number of rotatable bonds is 18. The van der Waals surface area contributed by atoms with E-state index in [1.54, 1.807) is 72.8 Å². The fourth-order valence-electron chi connectivity index (χ4n) is 26.1. The van der Waals surface area contributed by atoms with Crippen LogP contribution in [0.4, 0.5) is 13.2 Å². The van der Waals surface area contributed by atoms with Crippen LogP contribution in [0, 0.1) is 88.3 Å². The Balaban J connectivity index is 0.000000116. The van der Waals surface area contributed by atoms with Crippen LogP contribution < -0.4 is 28.3 Å². The van der Waals surface area contributed by atoms with Gasteiger partial charge in [0, 0.05) is 69.6 Å². The average Bonchev–Trinajstić information content (AvgIpc) is 1.74. The molecule has 646 valence electrons. The van der Waals surface area contributed by atoms with E-state index in [-0.39, 0.29) is 102 Å². The van der Waals surface area contributed by atoms with Crippen LogP contribution in [0.15, 0.2) is 154 Å². The van der Waals surface area contributed by atoms with Gasteiger partial charge in [0.1, 0.15) is 17.1 Å². The molecule has 0 aliphatic heterocycles. The van der Waals surface area contributed by atoms with E-state index in [1.165, 1.54) is 74.9 Å². The molecule has 0 unspecified atom stereocenters. The van der Waals surface area contributed by atoms with Gasteiger partial charge in [0.05, 0.1) is 35.3 Å². The molecule has 25 rings (SSSR count). The van der Waals surface area contributed by atoms with Crippen LogP contribution in [0.3, 0.4) is 0 Å². The Bertz CT molecular complexity index is 6000. The summed E-state index contributed by atoms with van der Waals surface area (Å²) in [6.45, 7) is 2.09. The normalized spacial score (nSPS) is 33.1. The highest BCUT2D eigenvalue weighted by Gasteiger charge is 2.54. The Morgan fingerprint density at radius 1 is 0.314 bits per heavy atom. The van der Waals surface area contributed by atoms with Gasteiger partial charge >= 0.3 is 6.18 Å². The summed E-state index contributed by atoms with van der Waals surface area (Å²) in [5.41, 5.74) is 7.44. The minimum atomic E-state index is -4.29. The number of oxime groups is 3. The van der Waals surface area contributed by atoms with Crippen molar-refractivity contribution in [2.75, 3.05) is 0 Å². The van der Waals surface area contributed by atoms with Crippen LogP contribution in [-0.2, 0) is 60.1 Å². The minimum absolute atomic E-state index is 0.0238. The average molecular weight is 1780 g/mol. The number of fused-ring (bicyclic) bond motifs is 9. The molecule has 6 aromatic rings. The summed E-state index contributed by atoms with van der Waals surface area (Å²) in [5, 5.41) is 40.3. The topological polar surface area (TPSA) is 375 Å². The van der Waals surface area contributed by atoms with E-state index >= 15 is 0 Å². The smallest absolute Gasteiger partial charge is 0.391 e. The third-order valence-corrected chi connectivity index (χ3v) is 40.3. The zero-order chi connectivity index (χ0) is 84.1. The lowest BCUT2D eigenvalue weighted by atomic mass is 9.54. The van der Waals surface area contributed by atoms with Gasteiger partial charge in [-0.3, -0.25) is 0 Å². The Hall–Kier alpha value is -7.02. The second-order valence-corrected chi connectivity index (χ2v) is 49.3. The predicted molar refractivity (Wildman–Crippen MR) is 446 cm³/mol. The molecule has 16 saturated carbocycles. The Morgan fingerprint density at radius 2 is 0.554 bits per heavy atom. The highest BCUT2D eigenvalue weighted by atomic mass is 32.2. The van der Waals surface area contributed by atoms with Crippen LogP contribution in [0.1, 0.15) is 207 Å². The van der Waals surface area contributed by atoms with Crippen LogP contribution in [0.25, 0.3) is 33.4 Å². The summed E-state index contributed by atoms with van der Waals surface area (Å²) in [5.74, 6) is 5.85. The highest BCUT2D eigenvalue weighted by Crippen LogP contribution is 2.59. The van der Waals surface area contributed by atoms with Crippen molar-refractivity contribution in [2.45, 2.75) is 246 Å². The standard InChI is InChI=1S/C30H34F3N3O5S2.C30H35N3O5S2.C28H33N3O5S2/c31-30(32,33)20-1-3-21(4-2-20)35-42(38,39)22-5-7-24-25-8-6-23(15-27(25)29(34-37)26(24)14-22)43(40,41)36-28-18-10-16-9-17(12-18)13-19(28)11-16;34-31-29-26-13-22(39(35,36)32-21-15-30(16-21)6-1-7-30)2-4-24(26)25-5-3-23(14-27(25)29)40(37,38)33-28-19-9-17-8-18(11-19)12-20(28)10-17;1-15-6-20(7-15)30-37(33,34)21-2-4-23-24-5-3-22(14-26(24)28(29-32)25(23)13-21)38(35,36)31-27-18-9-16-8-17(11-18)12-19(27)10-16/h5-8,14-21,28,35-37H,1-4,9-13H2;2-5,13-14,17-21,28,32-34H,1,6-12,15-16H2;2-5,13-20,27,30-32H,6-12H2,1H3/b34-29+;31-29+;29-28+. The number of halogens is 3. The Kier molecular flexibility index (Phi) is 20.5. The molecule has 0 amide bonds. The molecular weight excluding hydrogens is 1670 g/mol. The van der Waals surface area contributed by atoms with E-state index in [9.17, 15) is 79.3 Å². The molecule has 0 radical (unpaired) electrons. The number of alkyl halides is 3. The third-order valence-electron chi connectivity index (χ3n) is 31.4. The molecule has 121 heavy (non-hydrogen) atoms. The highest BCUT2D eigenvalue weighted by molar-refractivity contribution is 7.91. The number of benzene rings is 6. The summed E-state index contributed by atoms with van der Waals surface area (Å²) in [4.78, 5) is 0.422. The lowest BCUT2D eigenvalue weighted by molar-refractivity contribution is -0.182. The largest absolute Gasteiger partial charge is 0.410 e. The number of nitrogens with zero attached hydrogens (tertiary/aromatic N) is 3. The van der Waals surface area contributed by atoms with Crippen LogP contribution in [0.2, 0.25) is 0 Å². The van der Waals surface area contributed by atoms with E-state index in [1.807, 2.05) is 0 Å². The van der Waals surface area contributed by atoms with E-state index in [4.69, 9.17) is 0 Å². The monoisotopic (exact) mass is 1770 g/mol. The molecule has 24 nitrogen and oxygen atoms in total. The van der Waals surface area contributed by atoms with E-state index < -0.39 is 78.3 Å². The minimum Gasteiger partial charge on any atom is -0.410 e. The quantitative estimate of drug-likeness (QED) is 0.0285. The molecule has 12 bridgehead atoms. The van der Waals surface area contributed by atoms with Gasteiger partial charge in [-0.1, -0.05) is 65.2 Å². The van der Waals surface area contributed by atoms with Crippen molar-refractivity contribution >= 4 is 77.3 Å². The van der Waals surface area contributed by atoms with Gasteiger partial charge in [0.2, 0.25) is 60.1 Å². The number of hydrogen-bond donors (Lipinski definition) is 9. The fourth-order valence-corrected chi connectivity index (χ4v) is 34.2. The SMILES string of the molecule is CC1CC(NS(=O)(=O)c2ccc3c(c2)/C(=N\O)c2cc(S(=O)(=O)NC4C5CC6CC(C5)CC4C6)ccc2-3)C1.O=S(=O)(NC1CC2(CCC2)C1)c1ccc2c(c1)/C(=N\O)c1cc(S(=O)(=O)NC3C4CC5CC(C4)CC3C5)ccc1-2.O=S(=O)(NC1CCC(C(F)(F)F)CC1)c1ccc2c(c1)/C(=N\O)c1cc(S(=O)(=O)NC3C4CC5CC(C4)CC3C5)ccc1-2. The van der Waals surface area contributed by atoms with Gasteiger partial charge in [-0.2, -0.15) is 13.2 Å². The van der Waals surface area contributed by atoms with Gasteiger partial charge in [-0.05, 0) is 349 Å². The predicted octanol–water partition coefficient (Wildman–Crippen LogP) is 14.1. The van der Waals surface area contributed by atoms with Gasteiger partial charge in [-0.25, -0.2) is 78.8 Å². The van der Waals surface area contributed by atoms with Crippen LogP contribution in [-0.4, -0.2) is 126 Å². The second kappa shape index (κ2) is 30.1. The maximum Gasteiger partial charge on any atom is 0.391 e. The van der Waals surface area contributed by atoms with E-state index in [2.05, 4.69) is 50.7 Å². The Labute approximate surface area is 705 Å². The van der Waals surface area contributed by atoms with Crippen molar-refractivity contribution in [1.82, 2.24) is 28.3 Å². The van der Waals surface area contributed by atoms with Crippen LogP contribution in [0.5, 0.6) is 0 Å². The summed E-state index contributed by atoms with van der Waals surface area (Å²) in [7, 11) is -23.0. The second-order valence-electron chi connectivity index (χ2n) is 39.0. The van der Waals surface area contributed by atoms with Gasteiger partial charge < -0.3 is 15.6 Å². The molecule has 6 aromatic carbocycles. The van der Waals surface area contributed by atoms with Crippen LogP contribution >= 0.6 is 0 Å². The zero-order valence-corrected chi connectivity index (χ0v) is 71.9. The molecule has 19 aliphatic rings. The summed E-state index contributed by atoms with van der Waals surface area (Å²) in [6, 6.07) is 27.4. The molecule has 33 heteroatoms. The van der Waals surface area contributed by atoms with Crippen molar-refractivity contribution < 1.29 is 79.3 Å². The van der Waals surface area contributed by atoms with Crippen molar-refractivity contribution in [3.63, 3.8) is 0 Å². The Morgan fingerprint density at radius 3 is 0.777 bits per heavy atom. The first-order valence-electron chi connectivity index (χ1n) is 43.3. The summed E-state index contributed by atoms with van der Waals surface area (Å²) < 4.78 is 217. The lowest BCUT2D eigenvalue weighted by Gasteiger charge is -2.54. The number of hydrogen-bond acceptors (Lipinski definition) is 18. The number of sulfonamides is 6. The van der Waals surface area contributed by atoms with Gasteiger partial charge in [0.25, 0.3) is 0 Å².